The summed E-state index contributed by atoms with van der Waals surface area (Å²) < 4.78 is 0. The lowest BCUT2D eigenvalue weighted by atomic mass is 9.48. The summed E-state index contributed by atoms with van der Waals surface area (Å²) in [6.07, 6.45) is 15.4. The quantitative estimate of drug-likeness (QED) is 0.727. The minimum Gasteiger partial charge on any atom is -0.345 e. The summed E-state index contributed by atoms with van der Waals surface area (Å²) in [5.41, 5.74) is 0.179. The smallest absolute Gasteiger partial charge is 0.309 e. The molecule has 154 valence electrons. The molecule has 8 saturated carbocycles. The van der Waals surface area contributed by atoms with Crippen molar-refractivity contribution in [3.8, 4) is 0 Å². The van der Waals surface area contributed by atoms with Crippen molar-refractivity contribution in [3.63, 3.8) is 0 Å². The molecule has 28 heavy (non-hydrogen) atoms. The van der Waals surface area contributed by atoms with Crippen LogP contribution in [0.5, 0.6) is 0 Å². The highest BCUT2D eigenvalue weighted by Crippen LogP contribution is 2.61. The lowest BCUT2D eigenvalue weighted by Crippen LogP contribution is -2.63. The fraction of sp³-hybridized carbons (Fsp3) is 0.917. The summed E-state index contributed by atoms with van der Waals surface area (Å²) in [5.74, 6) is 4.20. The van der Waals surface area contributed by atoms with Gasteiger partial charge in [0.1, 0.15) is 0 Å². The molecule has 8 rings (SSSR count). The van der Waals surface area contributed by atoms with E-state index < -0.39 is 0 Å². The van der Waals surface area contributed by atoms with Crippen molar-refractivity contribution in [2.24, 2.45) is 40.9 Å². The number of carbonyl (C=O) groups excluding carboxylic acids is 2. The molecule has 0 heterocycles. The second-order valence-electron chi connectivity index (χ2n) is 12.1. The van der Waals surface area contributed by atoms with Crippen molar-refractivity contribution in [2.75, 3.05) is 0 Å². The minimum atomic E-state index is -0.376. The van der Waals surface area contributed by atoms with Gasteiger partial charge >= 0.3 is 11.8 Å². The highest BCUT2D eigenvalue weighted by molar-refractivity contribution is 6.35. The molecule has 1 atom stereocenters. The fourth-order valence-electron chi connectivity index (χ4n) is 9.68. The summed E-state index contributed by atoms with van der Waals surface area (Å²) in [6, 6.07) is 0.121. The van der Waals surface area contributed by atoms with Crippen molar-refractivity contribution in [2.45, 2.75) is 95.6 Å². The van der Waals surface area contributed by atoms with Crippen molar-refractivity contribution in [1.82, 2.24) is 10.6 Å². The Morgan fingerprint density at radius 3 is 1.50 bits per heavy atom. The Kier molecular flexibility index (Phi) is 3.80. The molecule has 0 aromatic rings. The van der Waals surface area contributed by atoms with Gasteiger partial charge in [-0.25, -0.2) is 0 Å². The van der Waals surface area contributed by atoms with Crippen LogP contribution in [-0.2, 0) is 9.59 Å². The van der Waals surface area contributed by atoms with Gasteiger partial charge in [0, 0.05) is 11.6 Å². The monoisotopic (exact) mass is 384 g/mol. The first-order valence-corrected chi connectivity index (χ1v) is 12.0. The lowest BCUT2D eigenvalue weighted by molar-refractivity contribution is -0.144. The molecule has 0 saturated heterocycles. The van der Waals surface area contributed by atoms with Crippen LogP contribution in [0.3, 0.4) is 0 Å². The molecule has 8 aliphatic rings. The van der Waals surface area contributed by atoms with Gasteiger partial charge in [-0.05, 0) is 125 Å². The van der Waals surface area contributed by atoms with E-state index in [4.69, 9.17) is 0 Å². The van der Waals surface area contributed by atoms with Crippen LogP contribution in [-0.4, -0.2) is 23.4 Å². The first-order valence-electron chi connectivity index (χ1n) is 12.0. The Balaban J connectivity index is 1.11. The Labute approximate surface area is 169 Å². The predicted molar refractivity (Wildman–Crippen MR) is 107 cm³/mol. The van der Waals surface area contributed by atoms with Crippen LogP contribution in [0.4, 0.5) is 0 Å². The van der Waals surface area contributed by atoms with Crippen LogP contribution in [0, 0.1) is 40.9 Å². The molecular weight excluding hydrogens is 348 g/mol. The number of nitrogens with one attached hydrogen (secondary N) is 2. The Morgan fingerprint density at radius 1 is 0.679 bits per heavy atom. The van der Waals surface area contributed by atoms with Crippen molar-refractivity contribution in [3.05, 3.63) is 0 Å². The highest BCUT2D eigenvalue weighted by Gasteiger charge is 2.54. The van der Waals surface area contributed by atoms with Crippen LogP contribution in [0.25, 0.3) is 0 Å². The van der Waals surface area contributed by atoms with E-state index in [-0.39, 0.29) is 28.8 Å². The van der Waals surface area contributed by atoms with Crippen LogP contribution < -0.4 is 10.6 Å². The van der Waals surface area contributed by atoms with E-state index in [9.17, 15) is 9.59 Å². The van der Waals surface area contributed by atoms with Gasteiger partial charge in [-0.3, -0.25) is 9.59 Å². The maximum atomic E-state index is 12.9. The maximum absolute atomic E-state index is 12.9. The first kappa shape index (κ1) is 17.8. The number of rotatable bonds is 3. The Morgan fingerprint density at radius 2 is 1.07 bits per heavy atom. The molecule has 8 bridgehead atoms. The zero-order valence-electron chi connectivity index (χ0n) is 17.3. The molecule has 0 radical (unpaired) electrons. The normalized spacial score (nSPS) is 51.2. The third kappa shape index (κ3) is 2.76. The number of hydrogen-bond donors (Lipinski definition) is 2. The molecule has 1 unspecified atom stereocenters. The molecule has 0 aromatic heterocycles. The Bertz CT molecular complexity index is 628. The summed E-state index contributed by atoms with van der Waals surface area (Å²) in [7, 11) is 0. The van der Waals surface area contributed by atoms with Crippen molar-refractivity contribution >= 4 is 11.8 Å². The van der Waals surface area contributed by atoms with Crippen LogP contribution >= 0.6 is 0 Å². The van der Waals surface area contributed by atoms with Crippen LogP contribution in [0.15, 0.2) is 0 Å². The molecule has 8 fully saturated rings. The van der Waals surface area contributed by atoms with E-state index in [0.29, 0.717) is 0 Å². The molecule has 4 heteroatoms. The molecule has 2 N–H and O–H groups in total. The SMILES string of the molecule is CC(NC(=O)C(=O)NC12CC3CC(CC(C3)C1)C2)C12CC3CC(CC(C3)C1)C2. The second-order valence-corrected chi connectivity index (χ2v) is 12.1. The average Bonchev–Trinajstić information content (AvgIpc) is 2.58. The molecule has 0 aliphatic heterocycles. The van der Waals surface area contributed by atoms with Gasteiger partial charge in [0.15, 0.2) is 0 Å². The molecule has 0 spiro atoms. The molecule has 0 aromatic carbocycles. The third-order valence-corrected chi connectivity index (χ3v) is 9.97. The van der Waals surface area contributed by atoms with Gasteiger partial charge < -0.3 is 10.6 Å². The zero-order chi connectivity index (χ0) is 19.1. The van der Waals surface area contributed by atoms with Gasteiger partial charge in [0.2, 0.25) is 0 Å². The second kappa shape index (κ2) is 5.98. The van der Waals surface area contributed by atoms with E-state index in [0.717, 1.165) is 54.8 Å². The predicted octanol–water partition coefficient (Wildman–Crippen LogP) is 3.79. The van der Waals surface area contributed by atoms with Gasteiger partial charge in [0.05, 0.1) is 0 Å². The highest BCUT2D eigenvalue weighted by atomic mass is 16.2. The maximum Gasteiger partial charge on any atom is 0.309 e. The van der Waals surface area contributed by atoms with Gasteiger partial charge in [0.25, 0.3) is 0 Å². The van der Waals surface area contributed by atoms with Gasteiger partial charge in [-0.1, -0.05) is 0 Å². The van der Waals surface area contributed by atoms with Gasteiger partial charge in [-0.15, -0.1) is 0 Å². The summed E-state index contributed by atoms with van der Waals surface area (Å²) in [5, 5.41) is 6.42. The van der Waals surface area contributed by atoms with E-state index >= 15 is 0 Å². The van der Waals surface area contributed by atoms with Crippen molar-refractivity contribution in [1.29, 1.82) is 0 Å². The van der Waals surface area contributed by atoms with Crippen LogP contribution in [0.2, 0.25) is 0 Å². The topological polar surface area (TPSA) is 58.2 Å². The number of hydrogen-bond acceptors (Lipinski definition) is 2. The van der Waals surface area contributed by atoms with E-state index in [1.807, 2.05) is 0 Å². The Hall–Kier alpha value is -1.06. The number of amides is 2. The molecular formula is C24H36N2O2. The number of carbonyl (C=O) groups is 2. The molecule has 2 amide bonds. The van der Waals surface area contributed by atoms with Gasteiger partial charge in [-0.2, -0.15) is 0 Å². The van der Waals surface area contributed by atoms with Crippen molar-refractivity contribution < 1.29 is 9.59 Å². The van der Waals surface area contributed by atoms with E-state index in [2.05, 4.69) is 17.6 Å². The lowest BCUT2D eigenvalue weighted by Gasteiger charge is -2.59. The molecule has 8 aliphatic carbocycles. The first-order chi connectivity index (χ1) is 13.4. The zero-order valence-corrected chi connectivity index (χ0v) is 17.3. The largest absolute Gasteiger partial charge is 0.345 e. The average molecular weight is 385 g/mol. The van der Waals surface area contributed by atoms with E-state index in [1.54, 1.807) is 0 Å². The minimum absolute atomic E-state index is 0.0763. The standard InChI is InChI=1S/C24H36N2O2/c1-14(23-8-15-2-16(9-23)4-17(3-15)10-23)25-21(27)22(28)26-24-11-18-5-19(12-24)7-20(6-18)13-24/h14-20H,2-13H2,1H3,(H,25,27)(H,26,28). The van der Waals surface area contributed by atoms with Crippen LogP contribution in [0.1, 0.15) is 84.0 Å². The van der Waals surface area contributed by atoms with E-state index in [1.165, 1.54) is 57.8 Å². The summed E-state index contributed by atoms with van der Waals surface area (Å²) >= 11 is 0. The fourth-order valence-corrected chi connectivity index (χ4v) is 9.68. The summed E-state index contributed by atoms with van der Waals surface area (Å²) in [4.78, 5) is 25.7. The third-order valence-electron chi connectivity index (χ3n) is 9.97. The molecule has 4 nitrogen and oxygen atoms in total. The summed E-state index contributed by atoms with van der Waals surface area (Å²) in [6.45, 7) is 2.17.